The zero-order valence-electron chi connectivity index (χ0n) is 17.3. The summed E-state index contributed by atoms with van der Waals surface area (Å²) >= 11 is 6.57. The molecule has 3 aromatic rings. The van der Waals surface area contributed by atoms with E-state index < -0.39 is 11.7 Å². The number of hydrogen-bond donors (Lipinski definition) is 0. The molecular formula is C24H21ClF3N3O. The van der Waals surface area contributed by atoms with Crippen LogP contribution in [0.3, 0.4) is 0 Å². The van der Waals surface area contributed by atoms with Gasteiger partial charge in [-0.25, -0.2) is 0 Å². The molecule has 0 unspecified atom stereocenters. The summed E-state index contributed by atoms with van der Waals surface area (Å²) < 4.78 is 39.0. The quantitative estimate of drug-likeness (QED) is 0.517. The first-order valence-corrected chi connectivity index (χ1v) is 11.0. The summed E-state index contributed by atoms with van der Waals surface area (Å²) in [6, 6.07) is 10.7. The second-order valence-corrected chi connectivity index (χ2v) is 8.64. The molecule has 0 radical (unpaired) electrons. The van der Waals surface area contributed by atoms with Gasteiger partial charge in [-0.1, -0.05) is 23.7 Å². The maximum Gasteiger partial charge on any atom is 0.416 e. The Bertz CT molecular complexity index is 1200. The van der Waals surface area contributed by atoms with Crippen molar-refractivity contribution in [3.8, 4) is 0 Å². The average Bonchev–Trinajstić information content (AvgIpc) is 3.27. The Balaban J connectivity index is 1.32. The summed E-state index contributed by atoms with van der Waals surface area (Å²) in [6.45, 7) is 1.81. The van der Waals surface area contributed by atoms with Crippen LogP contribution in [0.25, 0.3) is 10.9 Å². The number of carbonyl (C=O) groups excluding carboxylic acids is 1. The molecule has 166 valence electrons. The SMILES string of the molecule is O=C(c1ccc2c(Cl)c3c(nc2c1)CCC3)N1CCN(c2cccc(C(F)(F)F)c2)CC1. The third-order valence-electron chi connectivity index (χ3n) is 6.30. The van der Waals surface area contributed by atoms with Gasteiger partial charge in [0.2, 0.25) is 0 Å². The molecule has 8 heteroatoms. The van der Waals surface area contributed by atoms with Crippen LogP contribution in [0, 0.1) is 0 Å². The van der Waals surface area contributed by atoms with Crippen molar-refractivity contribution in [3.05, 3.63) is 69.9 Å². The van der Waals surface area contributed by atoms with Crippen molar-refractivity contribution < 1.29 is 18.0 Å². The van der Waals surface area contributed by atoms with Crippen LogP contribution in [0.1, 0.15) is 33.6 Å². The summed E-state index contributed by atoms with van der Waals surface area (Å²) in [6.07, 6.45) is -1.49. The molecule has 0 spiro atoms. The van der Waals surface area contributed by atoms with E-state index in [9.17, 15) is 18.0 Å². The van der Waals surface area contributed by atoms with Gasteiger partial charge in [0.15, 0.2) is 0 Å². The largest absolute Gasteiger partial charge is 0.416 e. The van der Waals surface area contributed by atoms with Crippen LogP contribution >= 0.6 is 11.6 Å². The molecule has 1 amide bonds. The third-order valence-corrected chi connectivity index (χ3v) is 6.73. The lowest BCUT2D eigenvalue weighted by atomic mass is 10.1. The Morgan fingerprint density at radius 1 is 1.00 bits per heavy atom. The molecule has 1 aliphatic carbocycles. The minimum Gasteiger partial charge on any atom is -0.368 e. The number of carbonyl (C=O) groups is 1. The second-order valence-electron chi connectivity index (χ2n) is 8.26. The number of benzene rings is 2. The van der Waals surface area contributed by atoms with Crippen molar-refractivity contribution in [2.75, 3.05) is 31.1 Å². The molecule has 32 heavy (non-hydrogen) atoms. The lowest BCUT2D eigenvalue weighted by Crippen LogP contribution is -2.48. The maximum absolute atomic E-state index is 13.1. The fourth-order valence-corrected chi connectivity index (χ4v) is 4.93. The zero-order valence-corrected chi connectivity index (χ0v) is 18.0. The molecule has 1 fully saturated rings. The number of anilines is 1. The molecule has 2 aromatic carbocycles. The van der Waals surface area contributed by atoms with Crippen molar-refractivity contribution in [3.63, 3.8) is 0 Å². The number of alkyl halides is 3. The van der Waals surface area contributed by atoms with Crippen LogP contribution in [0.2, 0.25) is 5.02 Å². The van der Waals surface area contributed by atoms with E-state index in [1.54, 1.807) is 23.1 Å². The van der Waals surface area contributed by atoms with Gasteiger partial charge in [0.05, 0.1) is 16.1 Å². The van der Waals surface area contributed by atoms with Gasteiger partial charge in [-0.05, 0) is 55.2 Å². The Morgan fingerprint density at radius 2 is 1.78 bits per heavy atom. The van der Waals surface area contributed by atoms with Gasteiger partial charge >= 0.3 is 6.18 Å². The first-order chi connectivity index (χ1) is 15.3. The fourth-order valence-electron chi connectivity index (χ4n) is 4.57. The standard InChI is InChI=1S/C24H21ClF3N3O/c25-22-18-5-2-6-20(18)29-21-13-15(7-8-19(21)22)23(32)31-11-9-30(10-12-31)17-4-1-3-16(14-17)24(26,27)28/h1,3-4,7-8,13-14H,2,5-6,9-12H2. The Morgan fingerprint density at radius 3 is 2.53 bits per heavy atom. The molecule has 0 bridgehead atoms. The van der Waals surface area contributed by atoms with Crippen LogP contribution < -0.4 is 4.90 Å². The molecule has 1 aliphatic heterocycles. The first kappa shape index (κ1) is 21.1. The van der Waals surface area contributed by atoms with Crippen LogP contribution in [-0.2, 0) is 19.0 Å². The fraction of sp³-hybridized carbons (Fsp3) is 0.333. The number of fused-ring (bicyclic) bond motifs is 2. The van der Waals surface area contributed by atoms with Crippen molar-refractivity contribution in [1.82, 2.24) is 9.88 Å². The predicted octanol–water partition coefficient (Wildman–Crippen LogP) is 5.36. The van der Waals surface area contributed by atoms with E-state index in [0.717, 1.165) is 58.6 Å². The molecule has 2 aliphatic rings. The highest BCUT2D eigenvalue weighted by atomic mass is 35.5. The Labute approximate surface area is 188 Å². The van der Waals surface area contributed by atoms with E-state index >= 15 is 0 Å². The normalized spacial score (nSPS) is 16.5. The number of hydrogen-bond acceptors (Lipinski definition) is 3. The highest BCUT2D eigenvalue weighted by Gasteiger charge is 2.31. The molecule has 1 saturated heterocycles. The highest BCUT2D eigenvalue weighted by molar-refractivity contribution is 6.36. The van der Waals surface area contributed by atoms with Crippen LogP contribution in [0.5, 0.6) is 0 Å². The van der Waals surface area contributed by atoms with Crippen LogP contribution in [-0.4, -0.2) is 42.0 Å². The number of pyridine rings is 1. The number of aryl methyl sites for hydroxylation is 1. The zero-order chi connectivity index (χ0) is 22.5. The average molecular weight is 460 g/mol. The molecule has 4 nitrogen and oxygen atoms in total. The van der Waals surface area contributed by atoms with Gasteiger partial charge < -0.3 is 9.80 Å². The summed E-state index contributed by atoms with van der Waals surface area (Å²) in [4.78, 5) is 21.4. The Kier molecular flexibility index (Phi) is 5.24. The van der Waals surface area contributed by atoms with Crippen molar-refractivity contribution in [2.24, 2.45) is 0 Å². The van der Waals surface area contributed by atoms with E-state index in [4.69, 9.17) is 16.6 Å². The van der Waals surface area contributed by atoms with Gasteiger partial charge in [0.25, 0.3) is 5.91 Å². The maximum atomic E-state index is 13.1. The summed E-state index contributed by atoms with van der Waals surface area (Å²) in [5.41, 5.74) is 3.26. The van der Waals surface area contributed by atoms with Gasteiger partial charge in [-0.3, -0.25) is 9.78 Å². The number of piperazine rings is 1. The number of aromatic nitrogens is 1. The van der Waals surface area contributed by atoms with Gasteiger partial charge in [-0.15, -0.1) is 0 Å². The summed E-state index contributed by atoms with van der Waals surface area (Å²) in [5, 5.41) is 1.59. The van der Waals surface area contributed by atoms with E-state index in [1.165, 1.54) is 6.07 Å². The first-order valence-electron chi connectivity index (χ1n) is 10.6. The van der Waals surface area contributed by atoms with Crippen molar-refractivity contribution >= 4 is 34.1 Å². The molecule has 0 atom stereocenters. The highest BCUT2D eigenvalue weighted by Crippen LogP contribution is 2.34. The number of halogens is 4. The lowest BCUT2D eigenvalue weighted by molar-refractivity contribution is -0.137. The Hall–Kier alpha value is -2.80. The monoisotopic (exact) mass is 459 g/mol. The summed E-state index contributed by atoms with van der Waals surface area (Å²) in [7, 11) is 0. The topological polar surface area (TPSA) is 36.4 Å². The predicted molar refractivity (Wildman–Crippen MR) is 118 cm³/mol. The van der Waals surface area contributed by atoms with Crippen molar-refractivity contribution in [1.29, 1.82) is 0 Å². The minimum atomic E-state index is -4.37. The minimum absolute atomic E-state index is 0.103. The molecule has 1 aromatic heterocycles. The second kappa shape index (κ2) is 7.96. The van der Waals surface area contributed by atoms with Gasteiger partial charge in [-0.2, -0.15) is 13.2 Å². The molecule has 2 heterocycles. The van der Waals surface area contributed by atoms with E-state index in [2.05, 4.69) is 0 Å². The van der Waals surface area contributed by atoms with E-state index in [0.29, 0.717) is 37.4 Å². The van der Waals surface area contributed by atoms with Gasteiger partial charge in [0.1, 0.15) is 0 Å². The molecular weight excluding hydrogens is 439 g/mol. The summed E-state index contributed by atoms with van der Waals surface area (Å²) in [5.74, 6) is -0.103. The van der Waals surface area contributed by atoms with E-state index in [1.807, 2.05) is 11.0 Å². The van der Waals surface area contributed by atoms with E-state index in [-0.39, 0.29) is 5.91 Å². The number of rotatable bonds is 2. The van der Waals surface area contributed by atoms with Crippen molar-refractivity contribution in [2.45, 2.75) is 25.4 Å². The van der Waals surface area contributed by atoms with Crippen LogP contribution in [0.4, 0.5) is 18.9 Å². The third kappa shape index (κ3) is 3.79. The lowest BCUT2D eigenvalue weighted by Gasteiger charge is -2.36. The number of nitrogens with zero attached hydrogens (tertiary/aromatic N) is 3. The smallest absolute Gasteiger partial charge is 0.368 e. The van der Waals surface area contributed by atoms with Crippen LogP contribution in [0.15, 0.2) is 42.5 Å². The number of amides is 1. The molecule has 5 rings (SSSR count). The van der Waals surface area contributed by atoms with Gasteiger partial charge in [0, 0.05) is 48.5 Å². The molecule has 0 N–H and O–H groups in total. The molecule has 0 saturated carbocycles.